The molecule has 2 aromatic heterocycles. The minimum atomic E-state index is -4.27. The molecule has 1 N–H and O–H groups in total. The number of hydrogen-bond acceptors (Lipinski definition) is 4. The van der Waals surface area contributed by atoms with Crippen LogP contribution in [0, 0.1) is 5.82 Å². The van der Waals surface area contributed by atoms with E-state index in [9.17, 15) is 17.6 Å². The SMILES string of the molecule is Fc1ccc(CN(CC(F)(F)F)C2CCN(CCCc3c[nH]c4ccc(Cn5cncn5)cc34)CC2)cc1. The molecule has 1 saturated heterocycles. The van der Waals surface area contributed by atoms with Crippen LogP contribution in [0.4, 0.5) is 17.6 Å². The van der Waals surface area contributed by atoms with Gasteiger partial charge in [-0.1, -0.05) is 18.2 Å². The largest absolute Gasteiger partial charge is 0.401 e. The van der Waals surface area contributed by atoms with Gasteiger partial charge in [0, 0.05) is 29.7 Å². The highest BCUT2D eigenvalue weighted by Gasteiger charge is 2.35. The second kappa shape index (κ2) is 11.7. The monoisotopic (exact) mass is 528 g/mol. The van der Waals surface area contributed by atoms with Crippen molar-refractivity contribution < 1.29 is 17.6 Å². The van der Waals surface area contributed by atoms with Crippen molar-refractivity contribution in [1.29, 1.82) is 0 Å². The van der Waals surface area contributed by atoms with Gasteiger partial charge in [0.2, 0.25) is 0 Å². The van der Waals surface area contributed by atoms with Crippen LogP contribution in [-0.2, 0) is 19.5 Å². The normalized spacial score (nSPS) is 15.6. The Morgan fingerprint density at radius 1 is 1.03 bits per heavy atom. The van der Waals surface area contributed by atoms with Crippen LogP contribution in [-0.4, -0.2) is 67.9 Å². The minimum absolute atomic E-state index is 0.144. The van der Waals surface area contributed by atoms with Gasteiger partial charge in [0.1, 0.15) is 18.5 Å². The number of likely N-dealkylation sites (tertiary alicyclic amines) is 1. The second-order valence-electron chi connectivity index (χ2n) is 10.1. The molecule has 2 aromatic carbocycles. The molecule has 10 heteroatoms. The van der Waals surface area contributed by atoms with Crippen molar-refractivity contribution in [2.24, 2.45) is 0 Å². The molecule has 0 saturated carbocycles. The molecule has 0 spiro atoms. The van der Waals surface area contributed by atoms with E-state index in [0.717, 1.165) is 43.6 Å². The molecule has 0 unspecified atom stereocenters. The number of piperidine rings is 1. The van der Waals surface area contributed by atoms with E-state index in [2.05, 4.69) is 44.4 Å². The van der Waals surface area contributed by atoms with Crippen molar-refractivity contribution in [2.45, 2.75) is 51.0 Å². The number of hydrogen-bond donors (Lipinski definition) is 1. The molecule has 4 aromatic rings. The van der Waals surface area contributed by atoms with E-state index < -0.39 is 12.7 Å². The fourth-order valence-corrected chi connectivity index (χ4v) is 5.40. The summed E-state index contributed by atoms with van der Waals surface area (Å²) in [5.41, 5.74) is 4.23. The van der Waals surface area contributed by atoms with Gasteiger partial charge in [0.15, 0.2) is 0 Å². The van der Waals surface area contributed by atoms with Gasteiger partial charge in [0.05, 0.1) is 13.1 Å². The molecule has 202 valence electrons. The third-order valence-electron chi connectivity index (χ3n) is 7.32. The molecule has 5 rings (SSSR count). The Hall–Kier alpha value is -3.24. The fraction of sp³-hybridized carbons (Fsp3) is 0.429. The highest BCUT2D eigenvalue weighted by molar-refractivity contribution is 5.83. The summed E-state index contributed by atoms with van der Waals surface area (Å²) in [6.07, 6.45) is 4.32. The molecular weight excluding hydrogens is 496 g/mol. The summed E-state index contributed by atoms with van der Waals surface area (Å²) in [5.74, 6) is -0.385. The standard InChI is InChI=1S/C28H32F4N6/c29-24-6-3-21(4-7-24)16-37(18-28(30,31)32)25-9-12-36(13-10-25)11-1-2-23-15-34-27-8-5-22(14-26(23)27)17-38-20-33-19-35-38/h3-8,14-15,19-20,25,34H,1-2,9-13,16-18H2. The van der Waals surface area contributed by atoms with Crippen molar-refractivity contribution in [3.8, 4) is 0 Å². The summed E-state index contributed by atoms with van der Waals surface area (Å²) >= 11 is 0. The number of fused-ring (bicyclic) bond motifs is 1. The lowest BCUT2D eigenvalue weighted by molar-refractivity contribution is -0.154. The number of halogens is 4. The van der Waals surface area contributed by atoms with E-state index in [1.165, 1.54) is 34.3 Å². The maximum absolute atomic E-state index is 13.3. The number of rotatable bonds is 10. The lowest BCUT2D eigenvalue weighted by atomic mass is 10.0. The second-order valence-corrected chi connectivity index (χ2v) is 10.1. The number of aryl methyl sites for hydroxylation is 1. The first-order chi connectivity index (χ1) is 18.3. The summed E-state index contributed by atoms with van der Waals surface area (Å²) in [7, 11) is 0. The van der Waals surface area contributed by atoms with Crippen molar-refractivity contribution in [2.75, 3.05) is 26.2 Å². The van der Waals surface area contributed by atoms with Crippen LogP contribution in [0.5, 0.6) is 0 Å². The molecule has 0 aliphatic carbocycles. The number of nitrogens with zero attached hydrogens (tertiary/aromatic N) is 5. The fourth-order valence-electron chi connectivity index (χ4n) is 5.40. The molecule has 38 heavy (non-hydrogen) atoms. The Kier molecular flexibility index (Phi) is 8.09. The number of aromatic amines is 1. The van der Waals surface area contributed by atoms with Gasteiger partial charge in [-0.15, -0.1) is 0 Å². The van der Waals surface area contributed by atoms with E-state index in [1.54, 1.807) is 23.1 Å². The van der Waals surface area contributed by atoms with Gasteiger partial charge >= 0.3 is 6.18 Å². The van der Waals surface area contributed by atoms with Gasteiger partial charge in [-0.2, -0.15) is 18.3 Å². The van der Waals surface area contributed by atoms with Gasteiger partial charge < -0.3 is 9.88 Å². The van der Waals surface area contributed by atoms with E-state index in [4.69, 9.17) is 0 Å². The highest BCUT2D eigenvalue weighted by atomic mass is 19.4. The number of H-pyrrole nitrogens is 1. The van der Waals surface area contributed by atoms with Gasteiger partial charge in [0.25, 0.3) is 0 Å². The van der Waals surface area contributed by atoms with Crippen molar-refractivity contribution in [3.05, 3.63) is 83.8 Å². The van der Waals surface area contributed by atoms with Gasteiger partial charge in [-0.05, 0) is 86.3 Å². The summed E-state index contributed by atoms with van der Waals surface area (Å²) in [6, 6.07) is 12.0. The molecule has 0 amide bonds. The van der Waals surface area contributed by atoms with E-state index in [1.807, 2.05) is 0 Å². The number of alkyl halides is 3. The van der Waals surface area contributed by atoms with Gasteiger partial charge in [-0.3, -0.25) is 4.90 Å². The number of aromatic nitrogens is 4. The zero-order valence-electron chi connectivity index (χ0n) is 21.2. The van der Waals surface area contributed by atoms with Crippen LogP contribution in [0.1, 0.15) is 36.0 Å². The molecule has 3 heterocycles. The number of nitrogens with one attached hydrogen (secondary N) is 1. The van der Waals surface area contributed by atoms with E-state index >= 15 is 0 Å². The Labute approximate surface area is 219 Å². The molecule has 1 fully saturated rings. The average Bonchev–Trinajstić information content (AvgIpc) is 3.55. The Morgan fingerprint density at radius 3 is 2.50 bits per heavy atom. The lowest BCUT2D eigenvalue weighted by Gasteiger charge is -2.39. The third-order valence-corrected chi connectivity index (χ3v) is 7.32. The first-order valence-corrected chi connectivity index (χ1v) is 13.0. The quantitative estimate of drug-likeness (QED) is 0.280. The first kappa shape index (κ1) is 26.4. The van der Waals surface area contributed by atoms with Crippen LogP contribution in [0.3, 0.4) is 0 Å². The number of benzene rings is 2. The van der Waals surface area contributed by atoms with Crippen LogP contribution >= 0.6 is 0 Å². The molecule has 1 aliphatic rings. The topological polar surface area (TPSA) is 53.0 Å². The smallest absolute Gasteiger partial charge is 0.361 e. The Bertz CT molecular complexity index is 1290. The predicted octanol–water partition coefficient (Wildman–Crippen LogP) is 5.41. The van der Waals surface area contributed by atoms with Crippen molar-refractivity contribution in [1.82, 2.24) is 29.5 Å². The molecular formula is C28H32F4N6. The van der Waals surface area contributed by atoms with Crippen LogP contribution in [0.2, 0.25) is 0 Å². The molecule has 0 radical (unpaired) electrons. The van der Waals surface area contributed by atoms with E-state index in [0.29, 0.717) is 24.9 Å². The maximum atomic E-state index is 13.3. The molecule has 1 aliphatic heterocycles. The van der Waals surface area contributed by atoms with Crippen molar-refractivity contribution >= 4 is 10.9 Å². The molecule has 0 bridgehead atoms. The van der Waals surface area contributed by atoms with Gasteiger partial charge in [-0.25, -0.2) is 14.1 Å². The molecule has 0 atom stereocenters. The van der Waals surface area contributed by atoms with Crippen molar-refractivity contribution in [3.63, 3.8) is 0 Å². The summed E-state index contributed by atoms with van der Waals surface area (Å²) in [4.78, 5) is 11.2. The first-order valence-electron chi connectivity index (χ1n) is 13.0. The summed E-state index contributed by atoms with van der Waals surface area (Å²) < 4.78 is 55.0. The Morgan fingerprint density at radius 2 is 1.79 bits per heavy atom. The summed E-state index contributed by atoms with van der Waals surface area (Å²) in [6.45, 7) is 2.35. The Balaban J connectivity index is 1.13. The lowest BCUT2D eigenvalue weighted by Crippen LogP contribution is -2.47. The predicted molar refractivity (Wildman–Crippen MR) is 138 cm³/mol. The average molecular weight is 529 g/mol. The van der Waals surface area contributed by atoms with Crippen LogP contribution in [0.25, 0.3) is 10.9 Å². The summed E-state index contributed by atoms with van der Waals surface area (Å²) in [5, 5.41) is 5.39. The van der Waals surface area contributed by atoms with Crippen LogP contribution in [0.15, 0.2) is 61.3 Å². The maximum Gasteiger partial charge on any atom is 0.401 e. The van der Waals surface area contributed by atoms with Crippen LogP contribution < -0.4 is 0 Å². The minimum Gasteiger partial charge on any atom is -0.361 e. The van der Waals surface area contributed by atoms with E-state index in [-0.39, 0.29) is 18.4 Å². The zero-order valence-corrected chi connectivity index (χ0v) is 21.2. The molecule has 6 nitrogen and oxygen atoms in total. The zero-order chi connectivity index (χ0) is 26.5. The highest BCUT2D eigenvalue weighted by Crippen LogP contribution is 2.26. The third kappa shape index (κ3) is 6.99.